The highest BCUT2D eigenvalue weighted by Crippen LogP contribution is 2.49. The van der Waals surface area contributed by atoms with Gasteiger partial charge >= 0.3 is 0 Å². The van der Waals surface area contributed by atoms with E-state index in [0.717, 1.165) is 28.0 Å². The second-order valence-corrected chi connectivity index (χ2v) is 11.7. The summed E-state index contributed by atoms with van der Waals surface area (Å²) in [7, 11) is 0. The van der Waals surface area contributed by atoms with E-state index in [4.69, 9.17) is 0 Å². The lowest BCUT2D eigenvalue weighted by atomic mass is 9.81. The molecule has 0 aliphatic heterocycles. The van der Waals surface area contributed by atoms with E-state index in [1.54, 1.807) is 6.08 Å². The van der Waals surface area contributed by atoms with E-state index in [1.807, 2.05) is 67.8 Å². The van der Waals surface area contributed by atoms with Crippen LogP contribution in [0.1, 0.15) is 44.4 Å². The molecule has 3 aromatic rings. The second kappa shape index (κ2) is 16.1. The van der Waals surface area contributed by atoms with Crippen molar-refractivity contribution < 1.29 is 0 Å². The molecule has 0 amide bonds. The van der Waals surface area contributed by atoms with Crippen LogP contribution in [-0.4, -0.2) is 0 Å². The Hall–Kier alpha value is -5.40. The van der Waals surface area contributed by atoms with Crippen molar-refractivity contribution in [3.8, 4) is 22.3 Å². The van der Waals surface area contributed by atoms with Crippen molar-refractivity contribution in [3.63, 3.8) is 0 Å². The molecule has 0 bridgehead atoms. The predicted octanol–water partition coefficient (Wildman–Crippen LogP) is 12.1. The molecule has 1 aliphatic carbocycles. The zero-order chi connectivity index (χ0) is 32.9. The van der Waals surface area contributed by atoms with Gasteiger partial charge in [-0.25, -0.2) is 0 Å². The number of rotatable bonds is 13. The summed E-state index contributed by atoms with van der Waals surface area (Å²) in [5.41, 5.74) is 13.2. The Morgan fingerprint density at radius 2 is 1.48 bits per heavy atom. The van der Waals surface area contributed by atoms with Crippen molar-refractivity contribution in [2.24, 2.45) is 0 Å². The summed E-state index contributed by atoms with van der Waals surface area (Å²) in [6.07, 6.45) is 29.6. The first kappa shape index (κ1) is 33.5. The van der Waals surface area contributed by atoms with Crippen molar-refractivity contribution in [2.75, 3.05) is 0 Å². The van der Waals surface area contributed by atoms with E-state index >= 15 is 0 Å². The smallest absolute Gasteiger partial charge is 0.0379 e. The minimum atomic E-state index is -0.0150. The van der Waals surface area contributed by atoms with Gasteiger partial charge in [0.15, 0.2) is 0 Å². The fourth-order valence-electron chi connectivity index (χ4n) is 5.57. The highest BCUT2D eigenvalue weighted by atomic mass is 14.8. The van der Waals surface area contributed by atoms with Crippen LogP contribution in [0, 0.1) is 0 Å². The minimum Gasteiger partial charge on any atom is -0.362 e. The van der Waals surface area contributed by atoms with E-state index in [0.29, 0.717) is 0 Å². The van der Waals surface area contributed by atoms with E-state index in [1.165, 1.54) is 33.4 Å². The topological polar surface area (TPSA) is 12.0 Å². The molecular weight excluding hydrogens is 555 g/mol. The highest BCUT2D eigenvalue weighted by molar-refractivity contribution is 5.83. The van der Waals surface area contributed by atoms with Crippen LogP contribution in [0.2, 0.25) is 0 Å². The Kier molecular flexibility index (Phi) is 11.7. The Bertz CT molecular complexity index is 1820. The summed E-state index contributed by atoms with van der Waals surface area (Å²) >= 11 is 0. The van der Waals surface area contributed by atoms with Gasteiger partial charge in [0, 0.05) is 17.3 Å². The maximum Gasteiger partial charge on any atom is 0.0379 e. The van der Waals surface area contributed by atoms with Gasteiger partial charge in [-0.3, -0.25) is 0 Å². The van der Waals surface area contributed by atoms with Crippen LogP contribution < -0.4 is 5.32 Å². The van der Waals surface area contributed by atoms with Crippen LogP contribution >= 0.6 is 0 Å². The molecule has 0 saturated carbocycles. The van der Waals surface area contributed by atoms with Gasteiger partial charge in [-0.15, -0.1) is 0 Å². The van der Waals surface area contributed by atoms with Gasteiger partial charge < -0.3 is 5.32 Å². The number of nitrogens with one attached hydrogen (secondary N) is 1. The zero-order valence-electron chi connectivity index (χ0n) is 27.6. The molecule has 0 radical (unpaired) electrons. The van der Waals surface area contributed by atoms with E-state index in [-0.39, 0.29) is 5.41 Å². The first-order valence-corrected chi connectivity index (χ1v) is 15.7. The minimum absolute atomic E-state index is 0.0150. The highest BCUT2D eigenvalue weighted by Gasteiger charge is 2.35. The third kappa shape index (κ3) is 8.20. The second-order valence-electron chi connectivity index (χ2n) is 11.7. The Balaban J connectivity index is 1.58. The lowest BCUT2D eigenvalue weighted by Crippen LogP contribution is -2.14. The molecule has 3 aromatic carbocycles. The molecule has 0 atom stereocenters. The van der Waals surface area contributed by atoms with E-state index < -0.39 is 0 Å². The molecular formula is C45H45N. The molecule has 1 aliphatic rings. The fraction of sp³-hybridized carbons (Fsp3) is 0.111. The Morgan fingerprint density at radius 1 is 0.739 bits per heavy atom. The molecule has 230 valence electrons. The molecule has 0 fully saturated rings. The van der Waals surface area contributed by atoms with Gasteiger partial charge in [0.05, 0.1) is 0 Å². The van der Waals surface area contributed by atoms with E-state index in [2.05, 4.69) is 137 Å². The fourth-order valence-corrected chi connectivity index (χ4v) is 5.57. The zero-order valence-corrected chi connectivity index (χ0v) is 27.6. The maximum absolute atomic E-state index is 4.04. The van der Waals surface area contributed by atoms with Gasteiger partial charge in [0.2, 0.25) is 0 Å². The first-order valence-electron chi connectivity index (χ1n) is 15.7. The lowest BCUT2D eigenvalue weighted by molar-refractivity contribution is 0.660. The van der Waals surface area contributed by atoms with Crippen molar-refractivity contribution in [3.05, 3.63) is 211 Å². The van der Waals surface area contributed by atoms with Gasteiger partial charge in [-0.05, 0) is 99.9 Å². The largest absolute Gasteiger partial charge is 0.362 e. The molecule has 1 N–H and O–H groups in total. The Morgan fingerprint density at radius 3 is 2.20 bits per heavy atom. The molecule has 0 aromatic heterocycles. The average Bonchev–Trinajstić information content (AvgIpc) is 3.31. The maximum atomic E-state index is 4.04. The van der Waals surface area contributed by atoms with Gasteiger partial charge in [-0.1, -0.05) is 155 Å². The summed E-state index contributed by atoms with van der Waals surface area (Å²) in [4.78, 5) is 0. The normalized spacial score (nSPS) is 15.1. The number of benzene rings is 3. The van der Waals surface area contributed by atoms with Crippen LogP contribution in [0.5, 0.6) is 0 Å². The van der Waals surface area contributed by atoms with Gasteiger partial charge in [-0.2, -0.15) is 0 Å². The van der Waals surface area contributed by atoms with Crippen molar-refractivity contribution >= 4 is 6.08 Å². The van der Waals surface area contributed by atoms with Crippen LogP contribution in [0.4, 0.5) is 0 Å². The third-order valence-electron chi connectivity index (χ3n) is 8.19. The number of hydrogen-bond acceptors (Lipinski definition) is 1. The summed E-state index contributed by atoms with van der Waals surface area (Å²) in [5.74, 6) is 0. The van der Waals surface area contributed by atoms with Crippen LogP contribution in [-0.2, 0) is 5.41 Å². The van der Waals surface area contributed by atoms with Gasteiger partial charge in [0.1, 0.15) is 0 Å². The lowest BCUT2D eigenvalue weighted by Gasteiger charge is -2.22. The number of allylic oxidation sites excluding steroid dienone is 16. The molecule has 0 saturated heterocycles. The summed E-state index contributed by atoms with van der Waals surface area (Å²) in [5, 5.41) is 3.36. The average molecular weight is 600 g/mol. The molecule has 0 heterocycles. The standard InChI is InChI=1S/C45H45N/c1-8-12-14-15-20-35(10-3)21-18-30-46-40(11-4)32-39(34(5)19-13-9-2)31-36-24-26-37(27-25-36)38-28-29-42-41-22-16-17-23-43(41)45(6,7)44(42)33-38/h8-33,46H,1,3-4H2,2,5-7H3/b13-9-,14-12-,20-15+,30-18+,34-19+,35-21+,39-31-,40-32+. The van der Waals surface area contributed by atoms with E-state index in [9.17, 15) is 0 Å². The molecule has 0 unspecified atom stereocenters. The molecule has 46 heavy (non-hydrogen) atoms. The number of hydrogen-bond donors (Lipinski definition) is 1. The molecule has 1 nitrogen and oxygen atoms in total. The molecule has 4 rings (SSSR count). The van der Waals surface area contributed by atoms with Crippen LogP contribution in [0.15, 0.2) is 194 Å². The molecule has 1 heteroatoms. The molecule has 0 spiro atoms. The summed E-state index contributed by atoms with van der Waals surface area (Å²) in [6, 6.07) is 24.5. The SMILES string of the molecule is C=C\C=C/C=C/C(C=C)=C/C=C/N/C(C=C)=C/C(=C/c1ccc(-c2ccc3c(c2)C(C)(C)c2ccccc2-3)cc1)C(/C)=C/C=C\C. The van der Waals surface area contributed by atoms with Crippen molar-refractivity contribution in [1.29, 1.82) is 0 Å². The van der Waals surface area contributed by atoms with Gasteiger partial charge in [0.25, 0.3) is 0 Å². The number of fused-ring (bicyclic) bond motifs is 3. The van der Waals surface area contributed by atoms with Crippen LogP contribution in [0.3, 0.4) is 0 Å². The summed E-state index contributed by atoms with van der Waals surface area (Å²) < 4.78 is 0. The monoisotopic (exact) mass is 599 g/mol. The quantitative estimate of drug-likeness (QED) is 0.193. The van der Waals surface area contributed by atoms with Crippen molar-refractivity contribution in [2.45, 2.75) is 33.1 Å². The Labute approximate surface area is 276 Å². The van der Waals surface area contributed by atoms with Crippen LogP contribution in [0.25, 0.3) is 28.3 Å². The summed E-state index contributed by atoms with van der Waals surface area (Å²) in [6.45, 7) is 20.4. The first-order chi connectivity index (χ1) is 22.3. The third-order valence-corrected chi connectivity index (χ3v) is 8.19. The predicted molar refractivity (Wildman–Crippen MR) is 203 cm³/mol. The van der Waals surface area contributed by atoms with Crippen molar-refractivity contribution in [1.82, 2.24) is 5.32 Å².